The summed E-state index contributed by atoms with van der Waals surface area (Å²) in [7, 11) is 3.02. The Bertz CT molecular complexity index is 589. The standard InChI is InChI=1S/C17H24ClNO5/c1-11(2)6-8-24-16-13(18)9-12(10-14(16)23-4)17(22)19(3)7-5-15(20)21/h9-11H,5-8H2,1-4H3,(H,20,21). The maximum absolute atomic E-state index is 12.4. The lowest BCUT2D eigenvalue weighted by molar-refractivity contribution is -0.137. The minimum absolute atomic E-state index is 0.112. The van der Waals surface area contributed by atoms with E-state index in [1.165, 1.54) is 18.1 Å². The van der Waals surface area contributed by atoms with Crippen LogP contribution >= 0.6 is 11.6 Å². The average molecular weight is 358 g/mol. The fraction of sp³-hybridized carbons (Fsp3) is 0.529. The van der Waals surface area contributed by atoms with Gasteiger partial charge in [-0.3, -0.25) is 9.59 Å². The van der Waals surface area contributed by atoms with Crippen molar-refractivity contribution in [3.8, 4) is 11.5 Å². The van der Waals surface area contributed by atoms with Crippen molar-refractivity contribution in [1.82, 2.24) is 4.90 Å². The number of nitrogens with zero attached hydrogens (tertiary/aromatic N) is 1. The quantitative estimate of drug-likeness (QED) is 0.733. The molecule has 0 radical (unpaired) electrons. The molecule has 0 aliphatic heterocycles. The number of aliphatic carboxylic acids is 1. The second-order valence-corrected chi connectivity index (χ2v) is 6.30. The van der Waals surface area contributed by atoms with Gasteiger partial charge in [0.1, 0.15) is 0 Å². The van der Waals surface area contributed by atoms with Crippen LogP contribution in [0.15, 0.2) is 12.1 Å². The van der Waals surface area contributed by atoms with E-state index in [2.05, 4.69) is 13.8 Å². The smallest absolute Gasteiger partial charge is 0.305 e. The first-order valence-corrected chi connectivity index (χ1v) is 8.11. The van der Waals surface area contributed by atoms with E-state index in [9.17, 15) is 9.59 Å². The van der Waals surface area contributed by atoms with E-state index in [0.29, 0.717) is 29.6 Å². The van der Waals surface area contributed by atoms with Gasteiger partial charge in [0, 0.05) is 19.2 Å². The number of carboxylic acids is 1. The molecule has 1 N–H and O–H groups in total. The summed E-state index contributed by atoms with van der Waals surface area (Å²) in [5.74, 6) is -0.00588. The fourth-order valence-corrected chi connectivity index (χ4v) is 2.23. The molecule has 0 heterocycles. The molecule has 0 saturated heterocycles. The molecule has 0 unspecified atom stereocenters. The monoisotopic (exact) mass is 357 g/mol. The van der Waals surface area contributed by atoms with Crippen LogP contribution in [0.4, 0.5) is 0 Å². The molecule has 6 nitrogen and oxygen atoms in total. The molecule has 134 valence electrons. The summed E-state index contributed by atoms with van der Waals surface area (Å²) in [6, 6.07) is 3.06. The first kappa shape index (κ1) is 20.1. The van der Waals surface area contributed by atoms with Crippen LogP contribution < -0.4 is 9.47 Å². The third-order valence-corrected chi connectivity index (χ3v) is 3.71. The van der Waals surface area contributed by atoms with Crippen molar-refractivity contribution in [1.29, 1.82) is 0 Å². The number of hydrogen-bond donors (Lipinski definition) is 1. The Morgan fingerprint density at radius 3 is 2.54 bits per heavy atom. The summed E-state index contributed by atoms with van der Waals surface area (Å²) < 4.78 is 11.0. The van der Waals surface area contributed by atoms with Gasteiger partial charge in [-0.2, -0.15) is 0 Å². The number of methoxy groups -OCH3 is 1. The summed E-state index contributed by atoms with van der Waals surface area (Å²) in [4.78, 5) is 24.3. The van der Waals surface area contributed by atoms with Gasteiger partial charge >= 0.3 is 5.97 Å². The van der Waals surface area contributed by atoms with Crippen LogP contribution in [0.3, 0.4) is 0 Å². The van der Waals surface area contributed by atoms with E-state index in [-0.39, 0.29) is 23.9 Å². The Hall–Kier alpha value is -1.95. The number of rotatable bonds is 9. The molecule has 1 aromatic carbocycles. The van der Waals surface area contributed by atoms with Crippen molar-refractivity contribution in [2.45, 2.75) is 26.7 Å². The minimum Gasteiger partial charge on any atom is -0.493 e. The zero-order chi connectivity index (χ0) is 18.3. The van der Waals surface area contributed by atoms with Gasteiger partial charge in [0.05, 0.1) is 25.2 Å². The third-order valence-electron chi connectivity index (χ3n) is 3.43. The lowest BCUT2D eigenvalue weighted by atomic mass is 10.1. The van der Waals surface area contributed by atoms with Crippen molar-refractivity contribution in [2.75, 3.05) is 27.3 Å². The molecule has 1 rings (SSSR count). The third kappa shape index (κ3) is 5.92. The lowest BCUT2D eigenvalue weighted by Gasteiger charge is -2.18. The van der Waals surface area contributed by atoms with Gasteiger partial charge in [-0.25, -0.2) is 0 Å². The van der Waals surface area contributed by atoms with E-state index in [4.69, 9.17) is 26.2 Å². The second-order valence-electron chi connectivity index (χ2n) is 5.89. The number of benzene rings is 1. The van der Waals surface area contributed by atoms with Crippen LogP contribution in [0.5, 0.6) is 11.5 Å². The molecule has 0 spiro atoms. The molecule has 0 saturated carbocycles. The summed E-state index contributed by atoms with van der Waals surface area (Å²) in [5.41, 5.74) is 0.320. The molecule has 0 aliphatic rings. The predicted molar refractivity (Wildman–Crippen MR) is 92.2 cm³/mol. The van der Waals surface area contributed by atoms with Gasteiger partial charge in [-0.15, -0.1) is 0 Å². The summed E-state index contributed by atoms with van der Waals surface area (Å²) in [5, 5.41) is 8.99. The van der Waals surface area contributed by atoms with Crippen LogP contribution in [0.1, 0.15) is 37.0 Å². The van der Waals surface area contributed by atoms with Crippen LogP contribution in [-0.4, -0.2) is 49.2 Å². The zero-order valence-corrected chi connectivity index (χ0v) is 15.2. The fourth-order valence-electron chi connectivity index (χ4n) is 1.97. The molecule has 0 atom stereocenters. The minimum atomic E-state index is -0.959. The van der Waals surface area contributed by atoms with Crippen molar-refractivity contribution >= 4 is 23.5 Å². The highest BCUT2D eigenvalue weighted by Gasteiger charge is 2.19. The van der Waals surface area contributed by atoms with Crippen LogP contribution in [0, 0.1) is 5.92 Å². The highest BCUT2D eigenvalue weighted by molar-refractivity contribution is 6.32. The Morgan fingerprint density at radius 1 is 1.33 bits per heavy atom. The maximum Gasteiger partial charge on any atom is 0.305 e. The zero-order valence-electron chi connectivity index (χ0n) is 14.5. The van der Waals surface area contributed by atoms with Crippen LogP contribution in [0.25, 0.3) is 0 Å². The molecule has 0 aromatic heterocycles. The van der Waals surface area contributed by atoms with E-state index >= 15 is 0 Å². The lowest BCUT2D eigenvalue weighted by Crippen LogP contribution is -2.29. The number of ether oxygens (including phenoxy) is 2. The van der Waals surface area contributed by atoms with Gasteiger partial charge < -0.3 is 19.5 Å². The number of hydrogen-bond acceptors (Lipinski definition) is 4. The molecule has 7 heteroatoms. The Morgan fingerprint density at radius 2 is 2.00 bits per heavy atom. The Labute approximate surface area is 147 Å². The molecule has 0 aliphatic carbocycles. The number of carbonyl (C=O) groups is 2. The number of carbonyl (C=O) groups excluding carboxylic acids is 1. The molecule has 24 heavy (non-hydrogen) atoms. The largest absolute Gasteiger partial charge is 0.493 e. The normalized spacial score (nSPS) is 10.6. The summed E-state index contributed by atoms with van der Waals surface area (Å²) >= 11 is 6.24. The summed E-state index contributed by atoms with van der Waals surface area (Å²) in [6.07, 6.45) is 0.752. The van der Waals surface area contributed by atoms with Crippen LogP contribution in [0.2, 0.25) is 5.02 Å². The average Bonchev–Trinajstić information content (AvgIpc) is 2.52. The second kappa shape index (κ2) is 9.37. The van der Waals surface area contributed by atoms with E-state index < -0.39 is 5.97 Å². The van der Waals surface area contributed by atoms with Gasteiger partial charge in [-0.05, 0) is 24.5 Å². The van der Waals surface area contributed by atoms with Crippen molar-refractivity contribution in [2.24, 2.45) is 5.92 Å². The molecule has 0 fully saturated rings. The molecular weight excluding hydrogens is 334 g/mol. The van der Waals surface area contributed by atoms with Gasteiger partial charge in [0.25, 0.3) is 5.91 Å². The molecule has 1 aromatic rings. The highest BCUT2D eigenvalue weighted by atomic mass is 35.5. The van der Waals surface area contributed by atoms with Crippen molar-refractivity contribution in [3.05, 3.63) is 22.7 Å². The van der Waals surface area contributed by atoms with E-state index in [0.717, 1.165) is 6.42 Å². The van der Waals surface area contributed by atoms with Crippen molar-refractivity contribution < 1.29 is 24.2 Å². The molecule has 1 amide bonds. The number of halogens is 1. The Kier molecular flexibility index (Phi) is 7.85. The van der Waals surface area contributed by atoms with Gasteiger partial charge in [-0.1, -0.05) is 25.4 Å². The number of amides is 1. The highest BCUT2D eigenvalue weighted by Crippen LogP contribution is 2.37. The first-order valence-electron chi connectivity index (χ1n) is 7.73. The maximum atomic E-state index is 12.4. The topological polar surface area (TPSA) is 76.1 Å². The molecule has 0 bridgehead atoms. The van der Waals surface area contributed by atoms with Gasteiger partial charge in [0.2, 0.25) is 0 Å². The first-order chi connectivity index (χ1) is 11.3. The Balaban J connectivity index is 2.92. The molecular formula is C17H24ClNO5. The van der Waals surface area contributed by atoms with Crippen LogP contribution in [-0.2, 0) is 4.79 Å². The van der Waals surface area contributed by atoms with E-state index in [1.54, 1.807) is 13.1 Å². The van der Waals surface area contributed by atoms with Crippen molar-refractivity contribution in [3.63, 3.8) is 0 Å². The van der Waals surface area contributed by atoms with Gasteiger partial charge in [0.15, 0.2) is 11.5 Å². The SMILES string of the molecule is COc1cc(C(=O)N(C)CCC(=O)O)cc(Cl)c1OCCC(C)C. The number of carboxylic acid groups (broad SMARTS) is 1. The predicted octanol–water partition coefficient (Wildman–Crippen LogP) is 3.32. The summed E-state index contributed by atoms with van der Waals surface area (Å²) in [6.45, 7) is 4.80. The van der Waals surface area contributed by atoms with E-state index in [1.807, 2.05) is 0 Å².